The van der Waals surface area contributed by atoms with Crippen LogP contribution in [0.25, 0.3) is 21.7 Å². The minimum atomic E-state index is -4.40. The number of alkyl halides is 5. The van der Waals surface area contributed by atoms with E-state index in [9.17, 15) is 21.6 Å². The number of hydrogen-bond donors (Lipinski definition) is 2. The maximum absolute atomic E-state index is 15.8. The number of aromatic nitrogens is 2. The van der Waals surface area contributed by atoms with Gasteiger partial charge >= 0.3 is 6.18 Å². The summed E-state index contributed by atoms with van der Waals surface area (Å²) < 4.78 is 106. The summed E-state index contributed by atoms with van der Waals surface area (Å²) in [6.07, 6.45) is -3.73. The molecule has 1 aliphatic rings. The Hall–Kier alpha value is -3.78. The van der Waals surface area contributed by atoms with E-state index in [0.29, 0.717) is 35.6 Å². The molecule has 0 saturated heterocycles. The lowest BCUT2D eigenvalue weighted by molar-refractivity contribution is -0.215. The van der Waals surface area contributed by atoms with Crippen molar-refractivity contribution < 1.29 is 35.1 Å². The molecule has 246 valence electrons. The van der Waals surface area contributed by atoms with E-state index in [4.69, 9.17) is 4.74 Å². The molecule has 0 spiro atoms. The first-order valence-corrected chi connectivity index (χ1v) is 17.0. The van der Waals surface area contributed by atoms with Crippen molar-refractivity contribution in [3.8, 4) is 27.4 Å². The van der Waals surface area contributed by atoms with Crippen molar-refractivity contribution in [3.05, 3.63) is 72.3 Å². The van der Waals surface area contributed by atoms with Crippen LogP contribution in [0, 0.1) is 5.41 Å². The lowest BCUT2D eigenvalue weighted by Gasteiger charge is -2.27. The third-order valence-electron chi connectivity index (χ3n) is 7.76. The maximum Gasteiger partial charge on any atom is 0.394 e. The zero-order chi connectivity index (χ0) is 33.2. The summed E-state index contributed by atoms with van der Waals surface area (Å²) in [6.45, 7) is 2.42. The van der Waals surface area contributed by atoms with Gasteiger partial charge in [-0.05, 0) is 49.1 Å². The van der Waals surface area contributed by atoms with E-state index in [1.165, 1.54) is 24.3 Å². The zero-order valence-corrected chi connectivity index (χ0v) is 26.8. The number of sulfonamides is 1. The molecule has 14 heteroatoms. The highest BCUT2D eigenvalue weighted by molar-refractivity contribution is 7.92. The minimum absolute atomic E-state index is 0.0779. The number of nitrogens with one attached hydrogen (secondary N) is 2. The minimum Gasteiger partial charge on any atom is -0.494 e. The van der Waals surface area contributed by atoms with Crippen molar-refractivity contribution in [1.29, 1.82) is 0 Å². The molecule has 0 atom stereocenters. The first kappa shape index (κ1) is 33.6. The van der Waals surface area contributed by atoms with Crippen LogP contribution in [-0.2, 0) is 15.9 Å². The molecular formula is C32H33F5N4O3S2. The van der Waals surface area contributed by atoms with Gasteiger partial charge in [0.1, 0.15) is 11.6 Å². The SMILES string of the molecule is CC(C)(CCOc1cccc(-c2sc3nc2-c2ccccc2C(F)(F)CCCCCNc2cccc(n2)S(=O)(=O)N3)c1)C(F)(F)F. The fraction of sp³-hybridized carbons (Fsp3) is 0.375. The number of halogens is 5. The topological polar surface area (TPSA) is 93.2 Å². The Morgan fingerprint density at radius 2 is 1.72 bits per heavy atom. The molecule has 1 aliphatic heterocycles. The number of pyridine rings is 1. The van der Waals surface area contributed by atoms with Crippen LogP contribution in [0.1, 0.15) is 51.5 Å². The second kappa shape index (κ2) is 13.1. The van der Waals surface area contributed by atoms with Crippen molar-refractivity contribution in [2.24, 2.45) is 5.41 Å². The number of rotatable bonds is 5. The molecule has 46 heavy (non-hydrogen) atoms. The molecule has 4 aromatic rings. The number of benzene rings is 2. The first-order chi connectivity index (χ1) is 21.7. The number of hydrogen-bond acceptors (Lipinski definition) is 7. The molecule has 7 nitrogen and oxygen atoms in total. The lowest BCUT2D eigenvalue weighted by atomic mass is 9.89. The van der Waals surface area contributed by atoms with Crippen LogP contribution in [0.5, 0.6) is 5.75 Å². The number of fused-ring (bicyclic) bond motifs is 6. The van der Waals surface area contributed by atoms with Crippen molar-refractivity contribution in [3.63, 3.8) is 0 Å². The summed E-state index contributed by atoms with van der Waals surface area (Å²) in [4.78, 5) is 9.10. The molecule has 2 N–H and O–H groups in total. The van der Waals surface area contributed by atoms with Gasteiger partial charge in [0.2, 0.25) is 0 Å². The molecule has 3 heterocycles. The van der Waals surface area contributed by atoms with E-state index >= 15 is 8.78 Å². The van der Waals surface area contributed by atoms with Crippen LogP contribution in [0.2, 0.25) is 0 Å². The van der Waals surface area contributed by atoms with E-state index in [-0.39, 0.29) is 52.2 Å². The average Bonchev–Trinajstić information content (AvgIpc) is 3.41. The normalized spacial score (nSPS) is 16.8. The Bertz CT molecular complexity index is 1790. The van der Waals surface area contributed by atoms with Crippen LogP contribution in [0.3, 0.4) is 0 Å². The van der Waals surface area contributed by atoms with E-state index in [2.05, 4.69) is 20.0 Å². The third-order valence-corrected chi connectivity index (χ3v) is 10.1. The molecule has 0 radical (unpaired) electrons. The van der Waals surface area contributed by atoms with Gasteiger partial charge in [-0.15, -0.1) is 0 Å². The maximum atomic E-state index is 15.8. The van der Waals surface area contributed by atoms with Gasteiger partial charge in [-0.25, -0.2) is 18.7 Å². The van der Waals surface area contributed by atoms with E-state index < -0.39 is 34.0 Å². The van der Waals surface area contributed by atoms with Crippen molar-refractivity contribution in [2.75, 3.05) is 23.2 Å². The predicted octanol–water partition coefficient (Wildman–Crippen LogP) is 9.11. The Balaban J connectivity index is 1.58. The first-order valence-electron chi connectivity index (χ1n) is 14.7. The van der Waals surface area contributed by atoms with Crippen molar-refractivity contribution in [2.45, 2.75) is 63.1 Å². The third kappa shape index (κ3) is 7.60. The molecule has 0 amide bonds. The van der Waals surface area contributed by atoms with E-state index in [0.717, 1.165) is 25.2 Å². The van der Waals surface area contributed by atoms with Crippen LogP contribution >= 0.6 is 11.3 Å². The molecule has 0 aliphatic carbocycles. The fourth-order valence-corrected chi connectivity index (χ4v) is 7.05. The molecular weight excluding hydrogens is 648 g/mol. The van der Waals surface area contributed by atoms with Crippen LogP contribution in [-0.4, -0.2) is 37.7 Å². The number of nitrogens with zero attached hydrogens (tertiary/aromatic N) is 2. The summed E-state index contributed by atoms with van der Waals surface area (Å²) in [6, 6.07) is 16.9. The second-order valence-corrected chi connectivity index (χ2v) is 14.3. The standard InChI is InChI=1S/C32H33F5N4O3S2/c1-30(2,32(35,36)37)17-19-44-22-11-8-10-21(20-22)28-27-23-12-4-5-13-24(23)31(33,34)16-6-3-7-18-38-25-14-9-15-26(39-25)46(42,43)41-29(40-27)45-28/h4-5,8-15,20H,3,6-7,16-19H2,1-2H3,(H,38,39)(H,40,41). The molecule has 0 saturated carbocycles. The summed E-state index contributed by atoms with van der Waals surface area (Å²) in [5, 5.41) is 2.72. The van der Waals surface area contributed by atoms with Gasteiger partial charge < -0.3 is 10.1 Å². The largest absolute Gasteiger partial charge is 0.494 e. The summed E-state index contributed by atoms with van der Waals surface area (Å²) in [7, 11) is -4.22. The van der Waals surface area contributed by atoms with Crippen LogP contribution in [0.4, 0.5) is 32.9 Å². The number of anilines is 2. The smallest absolute Gasteiger partial charge is 0.394 e. The second-order valence-electron chi connectivity index (χ2n) is 11.7. The van der Waals surface area contributed by atoms with Gasteiger partial charge in [0, 0.05) is 24.1 Å². The number of ether oxygens (including phenoxy) is 1. The van der Waals surface area contributed by atoms with Crippen molar-refractivity contribution >= 4 is 32.3 Å². The monoisotopic (exact) mass is 680 g/mol. The van der Waals surface area contributed by atoms with Crippen molar-refractivity contribution in [1.82, 2.24) is 9.97 Å². The van der Waals surface area contributed by atoms with Gasteiger partial charge in [-0.1, -0.05) is 74.1 Å². The number of thiazole rings is 1. The zero-order valence-electron chi connectivity index (χ0n) is 25.1. The van der Waals surface area contributed by atoms with E-state index in [1.54, 1.807) is 42.5 Å². The Labute approximate surface area is 268 Å². The highest BCUT2D eigenvalue weighted by Crippen LogP contribution is 2.46. The van der Waals surface area contributed by atoms with Gasteiger partial charge in [0.25, 0.3) is 15.9 Å². The summed E-state index contributed by atoms with van der Waals surface area (Å²) >= 11 is 0.933. The molecule has 4 bridgehead atoms. The van der Waals surface area contributed by atoms with Crippen LogP contribution in [0.15, 0.2) is 71.8 Å². The predicted molar refractivity (Wildman–Crippen MR) is 169 cm³/mol. The highest BCUT2D eigenvalue weighted by Gasteiger charge is 2.46. The summed E-state index contributed by atoms with van der Waals surface area (Å²) in [5.41, 5.74) is -1.48. The fourth-order valence-electron chi connectivity index (χ4n) is 4.87. The molecule has 5 rings (SSSR count). The Morgan fingerprint density at radius 3 is 2.50 bits per heavy atom. The molecule has 0 fully saturated rings. The Morgan fingerprint density at radius 1 is 0.957 bits per heavy atom. The quantitative estimate of drug-likeness (QED) is 0.204. The molecule has 0 unspecified atom stereocenters. The summed E-state index contributed by atoms with van der Waals surface area (Å²) in [5.74, 6) is -2.61. The van der Waals surface area contributed by atoms with Gasteiger partial charge in [0.15, 0.2) is 10.2 Å². The average molecular weight is 681 g/mol. The van der Waals surface area contributed by atoms with Crippen LogP contribution < -0.4 is 14.8 Å². The lowest BCUT2D eigenvalue weighted by Crippen LogP contribution is -2.33. The Kier molecular flexibility index (Phi) is 9.60. The molecule has 2 aromatic heterocycles. The van der Waals surface area contributed by atoms with E-state index in [1.807, 2.05) is 0 Å². The highest BCUT2D eigenvalue weighted by atomic mass is 32.2. The van der Waals surface area contributed by atoms with Gasteiger partial charge in [-0.2, -0.15) is 21.6 Å². The van der Waals surface area contributed by atoms with Gasteiger partial charge in [0.05, 0.1) is 22.6 Å². The van der Waals surface area contributed by atoms with Gasteiger partial charge in [-0.3, -0.25) is 4.72 Å². The molecule has 2 aromatic carbocycles.